The van der Waals surface area contributed by atoms with Gasteiger partial charge in [-0.3, -0.25) is 4.99 Å². The van der Waals surface area contributed by atoms with Crippen LogP contribution in [0.4, 0.5) is 4.39 Å². The van der Waals surface area contributed by atoms with Gasteiger partial charge in [-0.05, 0) is 25.1 Å². The Hall–Kier alpha value is -1.76. The minimum atomic E-state index is -0.793. The summed E-state index contributed by atoms with van der Waals surface area (Å²) in [5, 5.41) is 7.75. The second kappa shape index (κ2) is 4.12. The van der Waals surface area contributed by atoms with Gasteiger partial charge in [-0.2, -0.15) is 0 Å². The Morgan fingerprint density at radius 3 is 3.05 bits per heavy atom. The minimum Gasteiger partial charge on any atom is -0.382 e. The van der Waals surface area contributed by atoms with Crippen molar-refractivity contribution in [1.29, 1.82) is 0 Å². The smallest absolute Gasteiger partial charge is 0.146 e. The maximum atomic E-state index is 14.1. The molecule has 5 nitrogen and oxygen atoms in total. The zero-order valence-electron chi connectivity index (χ0n) is 10.1. The number of hydrogen-bond donors (Lipinski definition) is 1. The van der Waals surface area contributed by atoms with Gasteiger partial charge in [0.05, 0.1) is 12.7 Å². The number of halogens is 2. The molecule has 0 aliphatic carbocycles. The van der Waals surface area contributed by atoms with Crippen molar-refractivity contribution in [2.75, 3.05) is 0 Å². The molecule has 0 saturated heterocycles. The van der Waals surface area contributed by atoms with Crippen LogP contribution in [0.2, 0.25) is 0 Å². The Balaban J connectivity index is 2.15. The summed E-state index contributed by atoms with van der Waals surface area (Å²) >= 11 is 3.35. The highest BCUT2D eigenvalue weighted by Gasteiger charge is 2.35. The maximum absolute atomic E-state index is 14.1. The van der Waals surface area contributed by atoms with E-state index in [0.29, 0.717) is 23.6 Å². The third-order valence-corrected chi connectivity index (χ3v) is 3.71. The molecule has 0 saturated carbocycles. The lowest BCUT2D eigenvalue weighted by Gasteiger charge is -2.30. The quantitative estimate of drug-likeness (QED) is 0.870. The lowest BCUT2D eigenvalue weighted by molar-refractivity contribution is 0.358. The van der Waals surface area contributed by atoms with Gasteiger partial charge in [0.2, 0.25) is 0 Å². The Morgan fingerprint density at radius 1 is 1.47 bits per heavy atom. The first-order valence-corrected chi connectivity index (χ1v) is 6.49. The van der Waals surface area contributed by atoms with Crippen LogP contribution >= 0.6 is 15.9 Å². The van der Waals surface area contributed by atoms with E-state index in [1.165, 1.54) is 6.07 Å². The van der Waals surface area contributed by atoms with Crippen LogP contribution in [0.1, 0.15) is 18.2 Å². The van der Waals surface area contributed by atoms with Crippen molar-refractivity contribution < 1.29 is 4.39 Å². The lowest BCUT2D eigenvalue weighted by Crippen LogP contribution is -2.37. The van der Waals surface area contributed by atoms with Crippen LogP contribution in [-0.4, -0.2) is 20.8 Å². The van der Waals surface area contributed by atoms with Gasteiger partial charge >= 0.3 is 0 Å². The molecule has 0 bridgehead atoms. The molecule has 0 unspecified atom stereocenters. The van der Waals surface area contributed by atoms with Crippen LogP contribution in [0.5, 0.6) is 0 Å². The molecule has 0 amide bonds. The van der Waals surface area contributed by atoms with Crippen molar-refractivity contribution >= 4 is 21.8 Å². The van der Waals surface area contributed by atoms with Crippen molar-refractivity contribution in [1.82, 2.24) is 15.0 Å². The maximum Gasteiger partial charge on any atom is 0.146 e. The predicted octanol–water partition coefficient (Wildman–Crippen LogP) is 1.81. The first-order valence-electron chi connectivity index (χ1n) is 5.69. The highest BCUT2D eigenvalue weighted by atomic mass is 79.9. The molecule has 1 aromatic carbocycles. The van der Waals surface area contributed by atoms with Crippen molar-refractivity contribution in [3.63, 3.8) is 0 Å². The van der Waals surface area contributed by atoms with Crippen molar-refractivity contribution in [3.8, 4) is 0 Å². The molecule has 0 spiro atoms. The SMILES string of the molecule is C[C@@]1(c2cc(Br)ccc2F)Cn2nncc2C(N)=N1. The van der Waals surface area contributed by atoms with Crippen LogP contribution < -0.4 is 5.73 Å². The summed E-state index contributed by atoms with van der Waals surface area (Å²) < 4.78 is 16.5. The van der Waals surface area contributed by atoms with Crippen molar-refractivity contribution in [2.24, 2.45) is 10.7 Å². The van der Waals surface area contributed by atoms with Crippen LogP contribution in [0.15, 0.2) is 33.9 Å². The predicted molar refractivity (Wildman–Crippen MR) is 72.2 cm³/mol. The van der Waals surface area contributed by atoms with Crippen LogP contribution in [0.25, 0.3) is 0 Å². The molecule has 1 aliphatic rings. The molecular formula is C12H11BrFN5. The average molecular weight is 324 g/mol. The Kier molecular flexibility index (Phi) is 2.67. The molecule has 2 N–H and O–H groups in total. The van der Waals surface area contributed by atoms with Crippen LogP contribution in [0.3, 0.4) is 0 Å². The number of benzene rings is 1. The van der Waals surface area contributed by atoms with Gasteiger partial charge < -0.3 is 5.73 Å². The first kappa shape index (κ1) is 12.3. The van der Waals surface area contributed by atoms with E-state index >= 15 is 0 Å². The molecule has 3 rings (SSSR count). The summed E-state index contributed by atoms with van der Waals surface area (Å²) in [6, 6.07) is 4.78. The van der Waals surface area contributed by atoms with Gasteiger partial charge in [-0.25, -0.2) is 9.07 Å². The first-order chi connectivity index (χ1) is 8.99. The second-order valence-electron chi connectivity index (χ2n) is 4.67. The summed E-state index contributed by atoms with van der Waals surface area (Å²) in [6.45, 7) is 2.23. The van der Waals surface area contributed by atoms with E-state index in [1.54, 1.807) is 23.0 Å². The van der Waals surface area contributed by atoms with Gasteiger partial charge in [0.1, 0.15) is 22.9 Å². The number of amidine groups is 1. The molecule has 2 aromatic rings. The van der Waals surface area contributed by atoms with Gasteiger partial charge in [0, 0.05) is 10.0 Å². The molecule has 7 heteroatoms. The van der Waals surface area contributed by atoms with E-state index in [0.717, 1.165) is 4.47 Å². The van der Waals surface area contributed by atoms with Gasteiger partial charge in [-0.1, -0.05) is 21.1 Å². The summed E-state index contributed by atoms with van der Waals surface area (Å²) in [6.07, 6.45) is 1.55. The highest BCUT2D eigenvalue weighted by Crippen LogP contribution is 2.34. The van der Waals surface area contributed by atoms with E-state index in [2.05, 4.69) is 31.2 Å². The van der Waals surface area contributed by atoms with Gasteiger partial charge in [0.15, 0.2) is 0 Å². The van der Waals surface area contributed by atoms with Crippen molar-refractivity contribution in [2.45, 2.75) is 19.0 Å². The van der Waals surface area contributed by atoms with Crippen molar-refractivity contribution in [3.05, 3.63) is 45.9 Å². The fourth-order valence-electron chi connectivity index (χ4n) is 2.28. The number of aromatic nitrogens is 3. The van der Waals surface area contributed by atoms with E-state index in [9.17, 15) is 4.39 Å². The molecule has 98 valence electrons. The Morgan fingerprint density at radius 2 is 2.26 bits per heavy atom. The lowest BCUT2D eigenvalue weighted by atomic mass is 9.91. The second-order valence-corrected chi connectivity index (χ2v) is 5.59. The molecular weight excluding hydrogens is 313 g/mol. The zero-order valence-corrected chi connectivity index (χ0v) is 11.7. The summed E-state index contributed by atoms with van der Waals surface area (Å²) in [7, 11) is 0. The molecule has 1 aliphatic heterocycles. The number of nitrogens with zero attached hydrogens (tertiary/aromatic N) is 4. The number of fused-ring (bicyclic) bond motifs is 1. The van der Waals surface area contributed by atoms with E-state index < -0.39 is 5.54 Å². The molecule has 19 heavy (non-hydrogen) atoms. The molecule has 0 radical (unpaired) electrons. The largest absolute Gasteiger partial charge is 0.382 e. The van der Waals surface area contributed by atoms with E-state index in [1.807, 2.05) is 6.92 Å². The number of rotatable bonds is 1. The highest BCUT2D eigenvalue weighted by molar-refractivity contribution is 9.10. The Labute approximate surface area is 117 Å². The zero-order chi connectivity index (χ0) is 13.6. The number of nitrogens with two attached hydrogens (primary N) is 1. The van der Waals surface area contributed by atoms with Crippen LogP contribution in [-0.2, 0) is 12.1 Å². The summed E-state index contributed by atoms with van der Waals surface area (Å²) in [4.78, 5) is 4.43. The third-order valence-electron chi connectivity index (χ3n) is 3.21. The number of aliphatic imine (C=N–C) groups is 1. The molecule has 2 heterocycles. The third kappa shape index (κ3) is 1.94. The van der Waals surface area contributed by atoms with Crippen LogP contribution in [0, 0.1) is 5.82 Å². The monoisotopic (exact) mass is 323 g/mol. The fourth-order valence-corrected chi connectivity index (χ4v) is 2.64. The topological polar surface area (TPSA) is 69.1 Å². The summed E-state index contributed by atoms with van der Waals surface area (Å²) in [5.74, 6) is 0.00365. The minimum absolute atomic E-state index is 0.314. The summed E-state index contributed by atoms with van der Waals surface area (Å²) in [5.41, 5.74) is 6.25. The standard InChI is InChI=1S/C12H11BrFN5/c1-12(8-4-7(13)2-3-9(8)14)6-19-10(5-16-18-19)11(15)17-12/h2-5H,6H2,1H3,(H2,15,17)/t12-/m0/s1. The molecule has 1 atom stereocenters. The van der Waals surface area contributed by atoms with E-state index in [-0.39, 0.29) is 5.82 Å². The van der Waals surface area contributed by atoms with Gasteiger partial charge in [0.25, 0.3) is 0 Å². The molecule has 0 fully saturated rings. The fraction of sp³-hybridized carbons (Fsp3) is 0.250. The van der Waals surface area contributed by atoms with Gasteiger partial charge in [-0.15, -0.1) is 5.10 Å². The normalized spacial score (nSPS) is 21.9. The van der Waals surface area contributed by atoms with E-state index in [4.69, 9.17) is 5.73 Å². The number of hydrogen-bond acceptors (Lipinski definition) is 4. The molecule has 1 aromatic heterocycles. The average Bonchev–Trinajstić information content (AvgIpc) is 2.80. The Bertz CT molecular complexity index is 681.